The molecule has 1 saturated heterocycles. The molecule has 1 aromatic heterocycles. The van der Waals surface area contributed by atoms with E-state index in [1.165, 1.54) is 24.2 Å². The topological polar surface area (TPSA) is 39.1 Å². The molecule has 1 aliphatic heterocycles. The van der Waals surface area contributed by atoms with Crippen LogP contribution in [-0.4, -0.2) is 27.1 Å². The Morgan fingerprint density at radius 2 is 2.22 bits per heavy atom. The Morgan fingerprint density at radius 3 is 2.87 bits per heavy atom. The van der Waals surface area contributed by atoms with Crippen LogP contribution in [0.25, 0.3) is 0 Å². The summed E-state index contributed by atoms with van der Waals surface area (Å²) in [5.74, 6) is 3.14. The zero-order chi connectivity index (χ0) is 16.1. The molecule has 0 bridgehead atoms. The first-order valence-corrected chi connectivity index (χ1v) is 9.31. The van der Waals surface area contributed by atoms with Crippen LogP contribution in [0.3, 0.4) is 0 Å². The highest BCUT2D eigenvalue weighted by atomic mass is 32.2. The smallest absolute Gasteiger partial charge is 0.146 e. The van der Waals surface area contributed by atoms with Crippen LogP contribution in [0.2, 0.25) is 0 Å². The summed E-state index contributed by atoms with van der Waals surface area (Å²) in [5, 5.41) is 4.44. The third kappa shape index (κ3) is 4.52. The summed E-state index contributed by atoms with van der Waals surface area (Å²) in [5.41, 5.74) is 1.30. The molecular formula is C18H25N3OS. The van der Waals surface area contributed by atoms with E-state index in [2.05, 4.69) is 41.1 Å². The molecule has 1 aromatic carbocycles. The fourth-order valence-corrected chi connectivity index (χ4v) is 3.98. The molecule has 23 heavy (non-hydrogen) atoms. The molecule has 2 aromatic rings. The molecule has 0 radical (unpaired) electrons. The largest absolute Gasteiger partial charge is 0.486 e. The van der Waals surface area contributed by atoms with E-state index in [-0.39, 0.29) is 0 Å². The van der Waals surface area contributed by atoms with Gasteiger partial charge in [-0.2, -0.15) is 11.8 Å². The number of rotatable bonds is 7. The molecule has 0 saturated carbocycles. The van der Waals surface area contributed by atoms with Crippen LogP contribution in [0.4, 0.5) is 0 Å². The molecule has 1 fully saturated rings. The van der Waals surface area contributed by atoms with Gasteiger partial charge in [0.15, 0.2) is 0 Å². The van der Waals surface area contributed by atoms with E-state index in [4.69, 9.17) is 4.74 Å². The lowest BCUT2D eigenvalue weighted by atomic mass is 10.1. The summed E-state index contributed by atoms with van der Waals surface area (Å²) in [6.07, 6.45) is 6.44. The number of imidazole rings is 1. The minimum Gasteiger partial charge on any atom is -0.486 e. The molecule has 0 aliphatic carbocycles. The van der Waals surface area contributed by atoms with Crippen molar-refractivity contribution in [2.45, 2.75) is 37.7 Å². The number of ether oxygens (including phenoxy) is 1. The fraction of sp³-hybridized carbons (Fsp3) is 0.500. The van der Waals surface area contributed by atoms with E-state index in [9.17, 15) is 0 Å². The van der Waals surface area contributed by atoms with E-state index in [1.807, 2.05) is 29.9 Å². The summed E-state index contributed by atoms with van der Waals surface area (Å²) < 4.78 is 7.77. The van der Waals surface area contributed by atoms with Crippen molar-refractivity contribution >= 4 is 11.8 Å². The minimum absolute atomic E-state index is 0.375. The lowest BCUT2D eigenvalue weighted by molar-refractivity contribution is 0.291. The normalized spacial score (nSPS) is 19.0. The molecule has 1 aliphatic rings. The molecule has 0 amide bonds. The van der Waals surface area contributed by atoms with Crippen molar-refractivity contribution < 1.29 is 4.74 Å². The summed E-state index contributed by atoms with van der Waals surface area (Å²) in [6, 6.07) is 8.75. The van der Waals surface area contributed by atoms with E-state index in [1.54, 1.807) is 6.20 Å². The first kappa shape index (κ1) is 16.4. The Morgan fingerprint density at radius 1 is 1.39 bits per heavy atom. The van der Waals surface area contributed by atoms with Crippen LogP contribution in [0, 0.1) is 0 Å². The predicted octanol–water partition coefficient (Wildman–Crippen LogP) is 3.55. The van der Waals surface area contributed by atoms with Gasteiger partial charge < -0.3 is 14.6 Å². The Bertz CT molecular complexity index is 605. The number of nitrogens with zero attached hydrogens (tertiary/aromatic N) is 2. The van der Waals surface area contributed by atoms with Gasteiger partial charge in [-0.05, 0) is 43.2 Å². The average Bonchev–Trinajstić information content (AvgIpc) is 3.23. The van der Waals surface area contributed by atoms with Gasteiger partial charge >= 0.3 is 0 Å². The second-order valence-corrected chi connectivity index (χ2v) is 7.49. The third-order valence-electron chi connectivity index (χ3n) is 4.34. The zero-order valence-corrected chi connectivity index (χ0v) is 14.7. The fourth-order valence-electron chi connectivity index (χ4n) is 2.77. The van der Waals surface area contributed by atoms with Crippen LogP contribution in [-0.2, 0) is 13.7 Å². The van der Waals surface area contributed by atoms with E-state index < -0.39 is 0 Å². The van der Waals surface area contributed by atoms with E-state index in [0.717, 1.165) is 23.4 Å². The van der Waals surface area contributed by atoms with Gasteiger partial charge in [0.2, 0.25) is 0 Å². The van der Waals surface area contributed by atoms with Crippen LogP contribution in [0.15, 0.2) is 36.7 Å². The van der Waals surface area contributed by atoms with Crippen molar-refractivity contribution in [1.82, 2.24) is 14.9 Å². The van der Waals surface area contributed by atoms with Gasteiger partial charge in [-0.25, -0.2) is 4.98 Å². The second-order valence-electron chi connectivity index (χ2n) is 6.08. The lowest BCUT2D eigenvalue weighted by Gasteiger charge is -2.17. The van der Waals surface area contributed by atoms with Gasteiger partial charge in [0.05, 0.1) is 0 Å². The minimum atomic E-state index is 0.375. The average molecular weight is 331 g/mol. The highest BCUT2D eigenvalue weighted by Crippen LogP contribution is 2.26. The van der Waals surface area contributed by atoms with E-state index in [0.29, 0.717) is 12.6 Å². The van der Waals surface area contributed by atoms with Gasteiger partial charge in [0, 0.05) is 37.3 Å². The van der Waals surface area contributed by atoms with Gasteiger partial charge in [0.1, 0.15) is 18.2 Å². The van der Waals surface area contributed by atoms with Crippen molar-refractivity contribution in [3.8, 4) is 5.75 Å². The number of thioether (sulfide) groups is 1. The van der Waals surface area contributed by atoms with Crippen molar-refractivity contribution in [1.29, 1.82) is 0 Å². The molecule has 2 atom stereocenters. The molecule has 0 spiro atoms. The van der Waals surface area contributed by atoms with Crippen molar-refractivity contribution in [3.05, 3.63) is 48.0 Å². The van der Waals surface area contributed by atoms with Crippen LogP contribution in [0.1, 0.15) is 37.2 Å². The van der Waals surface area contributed by atoms with Gasteiger partial charge in [-0.1, -0.05) is 12.1 Å². The van der Waals surface area contributed by atoms with Gasteiger partial charge in [0.25, 0.3) is 0 Å². The molecule has 2 heterocycles. The molecular weight excluding hydrogens is 306 g/mol. The monoisotopic (exact) mass is 331 g/mol. The summed E-state index contributed by atoms with van der Waals surface area (Å²) in [6.45, 7) is 3.82. The Kier molecular flexibility index (Phi) is 5.62. The van der Waals surface area contributed by atoms with Crippen molar-refractivity contribution in [2.24, 2.45) is 7.05 Å². The van der Waals surface area contributed by atoms with Crippen LogP contribution in [0.5, 0.6) is 5.75 Å². The van der Waals surface area contributed by atoms with Gasteiger partial charge in [-0.15, -0.1) is 0 Å². The molecule has 5 heteroatoms. The van der Waals surface area contributed by atoms with Gasteiger partial charge in [-0.3, -0.25) is 0 Å². The lowest BCUT2D eigenvalue weighted by Crippen LogP contribution is -2.26. The highest BCUT2D eigenvalue weighted by molar-refractivity contribution is 8.00. The summed E-state index contributed by atoms with van der Waals surface area (Å²) in [4.78, 5) is 4.26. The maximum atomic E-state index is 5.80. The summed E-state index contributed by atoms with van der Waals surface area (Å²) in [7, 11) is 1.98. The number of hydrogen-bond donors (Lipinski definition) is 1. The molecule has 124 valence electrons. The zero-order valence-electron chi connectivity index (χ0n) is 13.9. The number of hydrogen-bond acceptors (Lipinski definition) is 4. The quantitative estimate of drug-likeness (QED) is 0.842. The Labute approximate surface area is 142 Å². The maximum absolute atomic E-state index is 5.80. The molecule has 3 rings (SSSR count). The predicted molar refractivity (Wildman–Crippen MR) is 95.9 cm³/mol. The van der Waals surface area contributed by atoms with E-state index >= 15 is 0 Å². The van der Waals surface area contributed by atoms with Crippen LogP contribution < -0.4 is 10.1 Å². The Hall–Kier alpha value is -1.46. The SMILES string of the molecule is CC(NCC1CCCS1)c1ccc(OCc2nccn2C)cc1. The summed E-state index contributed by atoms with van der Waals surface area (Å²) >= 11 is 2.10. The molecule has 2 unspecified atom stereocenters. The number of aromatic nitrogens is 2. The van der Waals surface area contributed by atoms with Crippen LogP contribution >= 0.6 is 11.8 Å². The first-order valence-electron chi connectivity index (χ1n) is 8.26. The standard InChI is InChI=1S/C18H25N3OS/c1-14(20-12-17-4-3-11-23-17)15-5-7-16(8-6-15)22-13-18-19-9-10-21(18)2/h5-10,14,17,20H,3-4,11-13H2,1-2H3. The third-order valence-corrected chi connectivity index (χ3v) is 5.74. The first-order chi connectivity index (χ1) is 11.2. The number of nitrogens with one attached hydrogen (secondary N) is 1. The second kappa shape index (κ2) is 7.88. The molecule has 4 nitrogen and oxygen atoms in total. The van der Waals surface area contributed by atoms with Crippen molar-refractivity contribution in [3.63, 3.8) is 0 Å². The number of aryl methyl sites for hydroxylation is 1. The Balaban J connectivity index is 1.48. The molecule has 1 N–H and O–H groups in total. The van der Waals surface area contributed by atoms with Crippen molar-refractivity contribution in [2.75, 3.05) is 12.3 Å². The highest BCUT2D eigenvalue weighted by Gasteiger charge is 2.16. The number of benzene rings is 1. The maximum Gasteiger partial charge on any atom is 0.146 e.